The summed E-state index contributed by atoms with van der Waals surface area (Å²) >= 11 is 0. The van der Waals surface area contributed by atoms with Gasteiger partial charge in [0.15, 0.2) is 0 Å². The molecule has 1 heterocycles. The van der Waals surface area contributed by atoms with Crippen molar-refractivity contribution >= 4 is 5.69 Å². The highest BCUT2D eigenvalue weighted by molar-refractivity contribution is 5.41. The minimum absolute atomic E-state index is 0.141. The number of rotatable bonds is 3. The van der Waals surface area contributed by atoms with Gasteiger partial charge in [-0.15, -0.1) is 6.58 Å². The molecular weight excluding hydrogens is 164 g/mol. The Hall–Kier alpha value is -1.82. The topological polar surface area (TPSA) is 37.2 Å². The zero-order valence-electron chi connectivity index (χ0n) is 7.21. The van der Waals surface area contributed by atoms with Gasteiger partial charge >= 0.3 is 0 Å². The van der Waals surface area contributed by atoms with E-state index >= 15 is 0 Å². The Bertz CT molecular complexity index is 398. The third kappa shape index (κ3) is 2.31. The van der Waals surface area contributed by atoms with Gasteiger partial charge in [0.25, 0.3) is 5.56 Å². The predicted molar refractivity (Wildman–Crippen MR) is 51.8 cm³/mol. The van der Waals surface area contributed by atoms with E-state index < -0.39 is 0 Å². The van der Waals surface area contributed by atoms with E-state index in [1.165, 1.54) is 0 Å². The second-order valence-electron chi connectivity index (χ2n) is 2.64. The number of H-pyrrole nitrogens is 1. The fourth-order valence-corrected chi connectivity index (χ4v) is 0.998. The summed E-state index contributed by atoms with van der Waals surface area (Å²) in [6.07, 6.45) is 3.38. The highest BCUT2D eigenvalue weighted by Gasteiger charge is 1.98. The number of aromatic amines is 1. The molecule has 1 aromatic heterocycles. The summed E-state index contributed by atoms with van der Waals surface area (Å²) in [6, 6.07) is 3.31. The molecule has 1 rings (SSSR count). The molecule has 0 fully saturated rings. The van der Waals surface area contributed by atoms with Crippen molar-refractivity contribution in [1.29, 1.82) is 0 Å². The fourth-order valence-electron chi connectivity index (χ4n) is 0.998. The Morgan fingerprint density at radius 2 is 2.38 bits per heavy atom. The molecule has 0 spiro atoms. The molecule has 66 valence electrons. The van der Waals surface area contributed by atoms with Crippen LogP contribution in [0.25, 0.3) is 4.85 Å². The summed E-state index contributed by atoms with van der Waals surface area (Å²) < 4.78 is 0. The maximum absolute atomic E-state index is 11.1. The number of aryl methyl sites for hydroxylation is 1. The Morgan fingerprint density at radius 1 is 1.62 bits per heavy atom. The first-order chi connectivity index (χ1) is 6.27. The summed E-state index contributed by atoms with van der Waals surface area (Å²) in [4.78, 5) is 16.9. The summed E-state index contributed by atoms with van der Waals surface area (Å²) in [5.41, 5.74) is 0.677. The molecule has 1 N–H and O–H groups in total. The van der Waals surface area contributed by atoms with Gasteiger partial charge in [-0.2, -0.15) is 0 Å². The smallest absolute Gasteiger partial charge is 0.254 e. The molecule has 0 unspecified atom stereocenters. The predicted octanol–water partition coefficient (Wildman–Crippen LogP) is 2.04. The second-order valence-corrected chi connectivity index (χ2v) is 2.64. The van der Waals surface area contributed by atoms with E-state index in [0.717, 1.165) is 18.5 Å². The van der Waals surface area contributed by atoms with Crippen molar-refractivity contribution in [1.82, 2.24) is 4.98 Å². The van der Waals surface area contributed by atoms with Crippen LogP contribution in [0.3, 0.4) is 0 Å². The largest absolute Gasteiger partial charge is 0.335 e. The SMILES string of the molecule is [C-]#[N+]c1ccc(CCC=C)[nH]c1=O. The molecule has 0 aliphatic rings. The Balaban J connectivity index is 2.91. The van der Waals surface area contributed by atoms with Crippen LogP contribution in [0.2, 0.25) is 0 Å². The van der Waals surface area contributed by atoms with Gasteiger partial charge < -0.3 is 4.98 Å². The summed E-state index contributed by atoms with van der Waals surface area (Å²) in [7, 11) is 0. The zero-order chi connectivity index (χ0) is 9.68. The maximum Gasteiger partial charge on any atom is 0.254 e. The lowest BCUT2D eigenvalue weighted by atomic mass is 10.2. The third-order valence-corrected chi connectivity index (χ3v) is 1.69. The normalized spacial score (nSPS) is 9.15. The van der Waals surface area contributed by atoms with Crippen molar-refractivity contribution in [2.75, 3.05) is 0 Å². The fraction of sp³-hybridized carbons (Fsp3) is 0.200. The Morgan fingerprint density at radius 3 is 2.92 bits per heavy atom. The van der Waals surface area contributed by atoms with Gasteiger partial charge in [-0.25, -0.2) is 4.85 Å². The number of nitrogens with one attached hydrogen (secondary N) is 1. The first-order valence-corrected chi connectivity index (χ1v) is 3.98. The number of nitrogens with zero attached hydrogens (tertiary/aromatic N) is 1. The van der Waals surface area contributed by atoms with Crippen molar-refractivity contribution in [2.24, 2.45) is 0 Å². The van der Waals surface area contributed by atoms with Crippen LogP contribution in [0.5, 0.6) is 0 Å². The van der Waals surface area contributed by atoms with E-state index in [2.05, 4.69) is 16.4 Å². The van der Waals surface area contributed by atoms with Crippen molar-refractivity contribution in [3.8, 4) is 0 Å². The molecule has 0 saturated heterocycles. The van der Waals surface area contributed by atoms with Crippen molar-refractivity contribution in [3.63, 3.8) is 0 Å². The summed E-state index contributed by atoms with van der Waals surface area (Å²) in [5.74, 6) is 0. The van der Waals surface area contributed by atoms with Crippen molar-refractivity contribution in [2.45, 2.75) is 12.8 Å². The van der Waals surface area contributed by atoms with E-state index in [4.69, 9.17) is 6.57 Å². The van der Waals surface area contributed by atoms with Crippen LogP contribution in [0.4, 0.5) is 5.69 Å². The lowest BCUT2D eigenvalue weighted by Gasteiger charge is -1.97. The average molecular weight is 174 g/mol. The molecule has 0 aromatic carbocycles. The van der Waals surface area contributed by atoms with E-state index in [9.17, 15) is 4.79 Å². The monoisotopic (exact) mass is 174 g/mol. The molecule has 1 aromatic rings. The Kier molecular flexibility index (Phi) is 3.04. The minimum Gasteiger partial charge on any atom is -0.335 e. The molecule has 0 amide bonds. The summed E-state index contributed by atoms with van der Waals surface area (Å²) in [6.45, 7) is 10.3. The minimum atomic E-state index is -0.309. The van der Waals surface area contributed by atoms with Crippen LogP contribution in [0.1, 0.15) is 12.1 Å². The van der Waals surface area contributed by atoms with Gasteiger partial charge in [0.1, 0.15) is 0 Å². The molecule has 0 aliphatic carbocycles. The van der Waals surface area contributed by atoms with Crippen LogP contribution in [-0.2, 0) is 6.42 Å². The standard InChI is InChI=1S/C10H10N2O/c1-3-4-5-8-6-7-9(11-2)10(13)12-8/h3,6-7H,1,4-5H2,(H,12,13). The first kappa shape index (κ1) is 9.27. The van der Waals surface area contributed by atoms with Crippen LogP contribution in [0.15, 0.2) is 29.6 Å². The van der Waals surface area contributed by atoms with Crippen LogP contribution < -0.4 is 5.56 Å². The number of aromatic nitrogens is 1. The van der Waals surface area contributed by atoms with Gasteiger partial charge in [-0.1, -0.05) is 12.1 Å². The Labute approximate surface area is 76.6 Å². The third-order valence-electron chi connectivity index (χ3n) is 1.69. The highest BCUT2D eigenvalue weighted by Crippen LogP contribution is 2.05. The molecule has 0 radical (unpaired) electrons. The maximum atomic E-state index is 11.1. The van der Waals surface area contributed by atoms with E-state index in [-0.39, 0.29) is 11.2 Å². The quantitative estimate of drug-likeness (QED) is 0.552. The molecule has 13 heavy (non-hydrogen) atoms. The molecule has 3 nitrogen and oxygen atoms in total. The van der Waals surface area contributed by atoms with Crippen LogP contribution >= 0.6 is 0 Å². The molecule has 0 saturated carbocycles. The molecular formula is C10H10N2O. The van der Waals surface area contributed by atoms with Gasteiger partial charge in [0.2, 0.25) is 5.69 Å². The van der Waals surface area contributed by atoms with E-state index in [0.29, 0.717) is 0 Å². The highest BCUT2D eigenvalue weighted by atomic mass is 16.1. The van der Waals surface area contributed by atoms with Gasteiger partial charge in [0, 0.05) is 5.69 Å². The number of hydrogen-bond acceptors (Lipinski definition) is 1. The van der Waals surface area contributed by atoms with Gasteiger partial charge in [-0.05, 0) is 18.9 Å². The number of pyridine rings is 1. The lowest BCUT2D eigenvalue weighted by Crippen LogP contribution is -2.07. The number of allylic oxidation sites excluding steroid dienone is 1. The van der Waals surface area contributed by atoms with Crippen LogP contribution in [0, 0.1) is 6.57 Å². The van der Waals surface area contributed by atoms with E-state index in [1.807, 2.05) is 0 Å². The molecule has 0 aliphatic heterocycles. The van der Waals surface area contributed by atoms with Gasteiger partial charge in [0.05, 0.1) is 6.57 Å². The van der Waals surface area contributed by atoms with Crippen molar-refractivity contribution in [3.05, 3.63) is 52.3 Å². The number of hydrogen-bond donors (Lipinski definition) is 1. The average Bonchev–Trinajstić information content (AvgIpc) is 2.15. The molecule has 0 atom stereocenters. The van der Waals surface area contributed by atoms with Crippen LogP contribution in [-0.4, -0.2) is 4.98 Å². The van der Waals surface area contributed by atoms with Gasteiger partial charge in [-0.3, -0.25) is 4.79 Å². The second kappa shape index (κ2) is 4.27. The van der Waals surface area contributed by atoms with E-state index in [1.54, 1.807) is 18.2 Å². The lowest BCUT2D eigenvalue weighted by molar-refractivity contribution is 0.935. The zero-order valence-corrected chi connectivity index (χ0v) is 7.21. The van der Waals surface area contributed by atoms with Crippen molar-refractivity contribution < 1.29 is 0 Å². The molecule has 3 heteroatoms. The molecule has 0 bridgehead atoms. The summed E-state index contributed by atoms with van der Waals surface area (Å²) in [5, 5.41) is 0. The first-order valence-electron chi connectivity index (χ1n) is 3.98.